The molecule has 6 nitrogen and oxygen atoms in total. The molecule has 1 amide bonds. The van der Waals surface area contributed by atoms with E-state index in [1.807, 2.05) is 0 Å². The summed E-state index contributed by atoms with van der Waals surface area (Å²) in [6, 6.07) is 0. The molecular weight excluding hydrogens is 270 g/mol. The summed E-state index contributed by atoms with van der Waals surface area (Å²) in [5, 5.41) is 11.6. The third-order valence-electron chi connectivity index (χ3n) is 3.86. The van der Waals surface area contributed by atoms with Crippen molar-refractivity contribution in [1.29, 1.82) is 0 Å². The lowest BCUT2D eigenvalue weighted by molar-refractivity contribution is -0.146. The molecule has 0 spiro atoms. The molecule has 2 atom stereocenters. The fourth-order valence-electron chi connectivity index (χ4n) is 2.13. The van der Waals surface area contributed by atoms with Gasteiger partial charge in [0.15, 0.2) is 9.84 Å². The number of hydrogen-bond acceptors (Lipinski definition) is 4. The van der Waals surface area contributed by atoms with Gasteiger partial charge in [-0.1, -0.05) is 6.42 Å². The molecule has 0 aromatic carbocycles. The average Bonchev–Trinajstić information content (AvgIpc) is 2.73. The SMILES string of the molecule is CC(C)(CNC(=O)C1CCCC1C(=O)O)S(C)(=O)=O. The van der Waals surface area contributed by atoms with Crippen molar-refractivity contribution < 1.29 is 23.1 Å². The van der Waals surface area contributed by atoms with Crippen molar-refractivity contribution in [3.05, 3.63) is 0 Å². The summed E-state index contributed by atoms with van der Waals surface area (Å²) in [5.74, 6) is -2.52. The second-order valence-corrected chi connectivity index (χ2v) is 8.38. The van der Waals surface area contributed by atoms with E-state index < -0.39 is 32.4 Å². The minimum absolute atomic E-state index is 0.00644. The summed E-state index contributed by atoms with van der Waals surface area (Å²) in [6.07, 6.45) is 2.88. The van der Waals surface area contributed by atoms with Crippen LogP contribution in [0.2, 0.25) is 0 Å². The standard InChI is InChI=1S/C12H21NO5S/c1-12(2,19(3,17)18)7-13-10(14)8-5-4-6-9(8)11(15)16/h8-9H,4-7H2,1-3H3,(H,13,14)(H,15,16). The van der Waals surface area contributed by atoms with Gasteiger partial charge in [-0.15, -0.1) is 0 Å². The van der Waals surface area contributed by atoms with E-state index in [4.69, 9.17) is 5.11 Å². The van der Waals surface area contributed by atoms with Gasteiger partial charge in [0, 0.05) is 12.8 Å². The third-order valence-corrected chi connectivity index (χ3v) is 6.01. The van der Waals surface area contributed by atoms with Crippen molar-refractivity contribution >= 4 is 21.7 Å². The zero-order valence-corrected chi connectivity index (χ0v) is 12.3. The number of carbonyl (C=O) groups excluding carboxylic acids is 1. The van der Waals surface area contributed by atoms with Gasteiger partial charge in [0.05, 0.1) is 16.6 Å². The van der Waals surface area contributed by atoms with Crippen LogP contribution < -0.4 is 5.32 Å². The summed E-state index contributed by atoms with van der Waals surface area (Å²) in [6.45, 7) is 3.06. The Labute approximate surface area is 113 Å². The average molecular weight is 291 g/mol. The molecule has 19 heavy (non-hydrogen) atoms. The first kappa shape index (κ1) is 15.9. The second-order valence-electron chi connectivity index (χ2n) is 5.73. The van der Waals surface area contributed by atoms with Gasteiger partial charge in [-0.05, 0) is 26.7 Å². The van der Waals surface area contributed by atoms with Crippen molar-refractivity contribution in [1.82, 2.24) is 5.32 Å². The molecule has 0 radical (unpaired) electrons. The molecule has 1 rings (SSSR count). The summed E-state index contributed by atoms with van der Waals surface area (Å²) >= 11 is 0. The lowest BCUT2D eigenvalue weighted by Gasteiger charge is -2.24. The summed E-state index contributed by atoms with van der Waals surface area (Å²) in [4.78, 5) is 23.0. The molecule has 0 aromatic rings. The number of rotatable bonds is 5. The van der Waals surface area contributed by atoms with Gasteiger partial charge in [-0.3, -0.25) is 9.59 Å². The normalized spacial score (nSPS) is 24.2. The minimum Gasteiger partial charge on any atom is -0.481 e. The van der Waals surface area contributed by atoms with E-state index in [1.165, 1.54) is 13.8 Å². The zero-order chi connectivity index (χ0) is 14.8. The van der Waals surface area contributed by atoms with E-state index in [-0.39, 0.29) is 12.5 Å². The second kappa shape index (κ2) is 5.48. The van der Waals surface area contributed by atoms with E-state index in [0.29, 0.717) is 19.3 Å². The van der Waals surface area contributed by atoms with Gasteiger partial charge < -0.3 is 10.4 Å². The fraction of sp³-hybridized carbons (Fsp3) is 0.833. The van der Waals surface area contributed by atoms with Crippen LogP contribution in [0.5, 0.6) is 0 Å². The van der Waals surface area contributed by atoms with Gasteiger partial charge in [-0.2, -0.15) is 0 Å². The quantitative estimate of drug-likeness (QED) is 0.765. The van der Waals surface area contributed by atoms with Crippen LogP contribution in [0.3, 0.4) is 0 Å². The van der Waals surface area contributed by atoms with Gasteiger partial charge in [0.25, 0.3) is 0 Å². The summed E-state index contributed by atoms with van der Waals surface area (Å²) < 4.78 is 22.0. The monoisotopic (exact) mass is 291 g/mol. The maximum atomic E-state index is 12.0. The molecular formula is C12H21NO5S. The Bertz CT molecular complexity index is 469. The zero-order valence-electron chi connectivity index (χ0n) is 11.5. The van der Waals surface area contributed by atoms with E-state index in [2.05, 4.69) is 5.32 Å². The fourth-order valence-corrected chi connectivity index (χ4v) is 2.47. The van der Waals surface area contributed by atoms with Crippen LogP contribution in [0.15, 0.2) is 0 Å². The molecule has 1 aliphatic rings. The van der Waals surface area contributed by atoms with Crippen molar-refractivity contribution in [2.45, 2.75) is 37.9 Å². The number of amides is 1. The van der Waals surface area contributed by atoms with Crippen molar-refractivity contribution in [3.63, 3.8) is 0 Å². The smallest absolute Gasteiger partial charge is 0.307 e. The molecule has 0 heterocycles. The molecule has 1 fully saturated rings. The Balaban J connectivity index is 2.64. The molecule has 2 N–H and O–H groups in total. The van der Waals surface area contributed by atoms with Gasteiger partial charge >= 0.3 is 5.97 Å². The Morgan fingerprint density at radius 3 is 2.26 bits per heavy atom. The van der Waals surface area contributed by atoms with E-state index in [1.54, 1.807) is 0 Å². The maximum absolute atomic E-state index is 12.0. The molecule has 0 aromatic heterocycles. The first-order valence-electron chi connectivity index (χ1n) is 6.26. The number of aliphatic carboxylic acids is 1. The first-order chi connectivity index (χ1) is 8.56. The third kappa shape index (κ3) is 3.68. The minimum atomic E-state index is -3.28. The lowest BCUT2D eigenvalue weighted by atomic mass is 9.95. The highest BCUT2D eigenvalue weighted by Crippen LogP contribution is 2.32. The number of carbonyl (C=O) groups is 2. The van der Waals surface area contributed by atoms with E-state index >= 15 is 0 Å². The summed E-state index contributed by atoms with van der Waals surface area (Å²) in [7, 11) is -3.28. The molecule has 0 aliphatic heterocycles. The predicted molar refractivity (Wildman–Crippen MR) is 70.4 cm³/mol. The first-order valence-corrected chi connectivity index (χ1v) is 8.15. The highest BCUT2D eigenvalue weighted by Gasteiger charge is 2.39. The Hall–Kier alpha value is -1.11. The maximum Gasteiger partial charge on any atom is 0.307 e. The number of carboxylic acids is 1. The highest BCUT2D eigenvalue weighted by molar-refractivity contribution is 7.92. The van der Waals surface area contributed by atoms with Crippen LogP contribution in [0.25, 0.3) is 0 Å². The highest BCUT2D eigenvalue weighted by atomic mass is 32.2. The lowest BCUT2D eigenvalue weighted by Crippen LogP contribution is -2.46. The Kier molecular flexibility index (Phi) is 4.60. The van der Waals surface area contributed by atoms with Gasteiger partial charge in [-0.25, -0.2) is 8.42 Å². The molecule has 110 valence electrons. The van der Waals surface area contributed by atoms with Crippen LogP contribution in [0.1, 0.15) is 33.1 Å². The largest absolute Gasteiger partial charge is 0.481 e. The molecule has 0 saturated heterocycles. The van der Waals surface area contributed by atoms with Crippen LogP contribution in [0.4, 0.5) is 0 Å². The Morgan fingerprint density at radius 2 is 1.79 bits per heavy atom. The number of sulfone groups is 1. The van der Waals surface area contributed by atoms with Crippen LogP contribution in [0, 0.1) is 11.8 Å². The molecule has 1 saturated carbocycles. The Morgan fingerprint density at radius 1 is 1.26 bits per heavy atom. The van der Waals surface area contributed by atoms with Gasteiger partial charge in [0.2, 0.25) is 5.91 Å². The van der Waals surface area contributed by atoms with Gasteiger partial charge in [0.1, 0.15) is 0 Å². The number of carboxylic acid groups (broad SMARTS) is 1. The molecule has 2 unspecified atom stereocenters. The van der Waals surface area contributed by atoms with Crippen molar-refractivity contribution in [3.8, 4) is 0 Å². The van der Waals surface area contributed by atoms with Crippen LogP contribution in [-0.4, -0.2) is 42.9 Å². The molecule has 7 heteroatoms. The molecule has 0 bridgehead atoms. The summed E-state index contributed by atoms with van der Waals surface area (Å²) in [5.41, 5.74) is 0. The van der Waals surface area contributed by atoms with Crippen LogP contribution in [-0.2, 0) is 19.4 Å². The van der Waals surface area contributed by atoms with Crippen molar-refractivity contribution in [2.75, 3.05) is 12.8 Å². The molecule has 1 aliphatic carbocycles. The predicted octanol–water partition coefficient (Wildman–Crippen LogP) is 0.427. The van der Waals surface area contributed by atoms with Crippen LogP contribution >= 0.6 is 0 Å². The number of hydrogen-bond donors (Lipinski definition) is 2. The van der Waals surface area contributed by atoms with Crippen molar-refractivity contribution in [2.24, 2.45) is 11.8 Å². The van der Waals surface area contributed by atoms with E-state index in [0.717, 1.165) is 6.26 Å². The number of nitrogens with one attached hydrogen (secondary N) is 1. The van der Waals surface area contributed by atoms with E-state index in [9.17, 15) is 18.0 Å². The topological polar surface area (TPSA) is 101 Å².